The van der Waals surface area contributed by atoms with Crippen molar-refractivity contribution in [2.24, 2.45) is 5.92 Å². The third-order valence-electron chi connectivity index (χ3n) is 3.07. The van der Waals surface area contributed by atoms with Crippen molar-refractivity contribution in [1.29, 1.82) is 0 Å². The molecule has 0 aliphatic rings. The van der Waals surface area contributed by atoms with Crippen LogP contribution in [0.5, 0.6) is 5.75 Å². The molecule has 0 fully saturated rings. The van der Waals surface area contributed by atoms with Crippen molar-refractivity contribution < 1.29 is 37.3 Å². The Morgan fingerprint density at radius 3 is 2.16 bits per heavy atom. The van der Waals surface area contributed by atoms with Gasteiger partial charge in [-0.05, 0) is 44.9 Å². The maximum Gasteiger partial charge on any atom is 0.378 e. The van der Waals surface area contributed by atoms with Crippen LogP contribution in [0.25, 0.3) is 0 Å². The third kappa shape index (κ3) is 5.37. The van der Waals surface area contributed by atoms with E-state index in [1.165, 1.54) is 13.8 Å². The first-order chi connectivity index (χ1) is 11.3. The fraction of sp³-hybridized carbons (Fsp3) is 0.529. The van der Waals surface area contributed by atoms with Gasteiger partial charge in [-0.1, -0.05) is 13.8 Å². The predicted molar refractivity (Wildman–Crippen MR) is 83.4 cm³/mol. The van der Waals surface area contributed by atoms with Gasteiger partial charge in [-0.2, -0.15) is 8.78 Å². The summed E-state index contributed by atoms with van der Waals surface area (Å²) >= 11 is 0. The number of carbonyl (C=O) groups is 2. The van der Waals surface area contributed by atoms with Gasteiger partial charge in [0.15, 0.2) is 17.7 Å². The number of carboxylic acids is 1. The summed E-state index contributed by atoms with van der Waals surface area (Å²) in [6.07, 6.45) is -2.17. The fourth-order valence-electron chi connectivity index (χ4n) is 1.97. The van der Waals surface area contributed by atoms with Crippen LogP contribution in [0.1, 0.15) is 45.0 Å². The number of hydrogen-bond donors (Lipinski definition) is 1. The maximum absolute atomic E-state index is 13.8. The van der Waals surface area contributed by atoms with Crippen LogP contribution in [0.15, 0.2) is 18.2 Å². The molecule has 5 nitrogen and oxygen atoms in total. The van der Waals surface area contributed by atoms with Gasteiger partial charge in [-0.15, -0.1) is 0 Å². The lowest BCUT2D eigenvalue weighted by atomic mass is 10.0. The molecule has 0 saturated heterocycles. The number of benzene rings is 1. The summed E-state index contributed by atoms with van der Waals surface area (Å²) in [7, 11) is 0. The maximum atomic E-state index is 13.8. The topological polar surface area (TPSA) is 72.8 Å². The van der Waals surface area contributed by atoms with E-state index in [4.69, 9.17) is 14.6 Å². The summed E-state index contributed by atoms with van der Waals surface area (Å²) in [5.41, 5.74) is -0.979. The highest BCUT2D eigenvalue weighted by molar-refractivity contribution is 5.90. The van der Waals surface area contributed by atoms with E-state index in [1.54, 1.807) is 20.8 Å². The normalized spacial score (nSPS) is 13.5. The monoisotopic (exact) mass is 362 g/mol. The highest BCUT2D eigenvalue weighted by Gasteiger charge is 2.51. The lowest BCUT2D eigenvalue weighted by Crippen LogP contribution is -2.47. The molecule has 1 rings (SSSR count). The predicted octanol–water partition coefficient (Wildman–Crippen LogP) is 3.90. The number of halogens is 3. The Kier molecular flexibility index (Phi) is 6.09. The van der Waals surface area contributed by atoms with Gasteiger partial charge in [0.25, 0.3) is 0 Å². The Morgan fingerprint density at radius 1 is 1.16 bits per heavy atom. The number of alkyl halides is 2. The van der Waals surface area contributed by atoms with Crippen molar-refractivity contribution >= 4 is 11.9 Å². The number of esters is 1. The molecule has 1 unspecified atom stereocenters. The third-order valence-corrected chi connectivity index (χ3v) is 3.07. The van der Waals surface area contributed by atoms with E-state index in [0.717, 1.165) is 18.2 Å². The Hall–Kier alpha value is -2.25. The summed E-state index contributed by atoms with van der Waals surface area (Å²) in [6, 6.07) is 3.01. The van der Waals surface area contributed by atoms with Crippen LogP contribution < -0.4 is 4.74 Å². The van der Waals surface area contributed by atoms with E-state index in [0.29, 0.717) is 0 Å². The van der Waals surface area contributed by atoms with E-state index in [-0.39, 0.29) is 11.3 Å². The minimum absolute atomic E-state index is 0.229. The largest absolute Gasteiger partial charge is 0.485 e. The molecule has 0 aromatic heterocycles. The van der Waals surface area contributed by atoms with Crippen molar-refractivity contribution in [3.05, 3.63) is 29.6 Å². The summed E-state index contributed by atoms with van der Waals surface area (Å²) < 4.78 is 51.3. The highest BCUT2D eigenvalue weighted by atomic mass is 19.3. The van der Waals surface area contributed by atoms with Crippen molar-refractivity contribution in [3.8, 4) is 5.75 Å². The summed E-state index contributed by atoms with van der Waals surface area (Å²) in [5, 5.41) is 8.64. The van der Waals surface area contributed by atoms with Crippen LogP contribution in [0.3, 0.4) is 0 Å². The zero-order chi connectivity index (χ0) is 19.6. The standard InChI is InChI=1S/C17H21F3O5/c1-9(2)13(17(19,20)15(22)23)24-14(21)10-6-7-11(18)12(8-10)25-16(3,4)5/h6-9,13H,1-5H3,(H,22,23). The van der Waals surface area contributed by atoms with Gasteiger partial charge in [-0.3, -0.25) is 0 Å². The zero-order valence-electron chi connectivity index (χ0n) is 14.6. The van der Waals surface area contributed by atoms with E-state index >= 15 is 0 Å². The Bertz CT molecular complexity index is 650. The van der Waals surface area contributed by atoms with Crippen LogP contribution in [-0.2, 0) is 9.53 Å². The van der Waals surface area contributed by atoms with E-state index in [9.17, 15) is 22.8 Å². The van der Waals surface area contributed by atoms with Crippen molar-refractivity contribution in [3.63, 3.8) is 0 Å². The molecule has 8 heteroatoms. The molecule has 25 heavy (non-hydrogen) atoms. The van der Waals surface area contributed by atoms with Gasteiger partial charge in [-0.25, -0.2) is 14.0 Å². The number of carboxylic acid groups (broad SMARTS) is 1. The second-order valence-corrected chi connectivity index (χ2v) is 6.86. The Balaban J connectivity index is 3.10. The van der Waals surface area contributed by atoms with Gasteiger partial charge in [0.2, 0.25) is 0 Å². The van der Waals surface area contributed by atoms with Gasteiger partial charge >= 0.3 is 17.9 Å². The van der Waals surface area contributed by atoms with E-state index in [1.807, 2.05) is 0 Å². The minimum atomic E-state index is -4.26. The number of hydrogen-bond acceptors (Lipinski definition) is 4. The SMILES string of the molecule is CC(C)C(OC(=O)c1ccc(F)c(OC(C)(C)C)c1)C(F)(F)C(=O)O. The first kappa shape index (κ1) is 20.8. The molecule has 0 aliphatic heterocycles. The highest BCUT2D eigenvalue weighted by Crippen LogP contribution is 2.29. The second-order valence-electron chi connectivity index (χ2n) is 6.86. The van der Waals surface area contributed by atoms with Gasteiger partial charge in [0.05, 0.1) is 5.56 Å². The molecule has 0 aliphatic carbocycles. The number of rotatable bonds is 6. The molecule has 0 bridgehead atoms. The smallest absolute Gasteiger partial charge is 0.378 e. The average molecular weight is 362 g/mol. The van der Waals surface area contributed by atoms with Crippen molar-refractivity contribution in [2.45, 2.75) is 52.2 Å². The van der Waals surface area contributed by atoms with Crippen LogP contribution >= 0.6 is 0 Å². The first-order valence-electron chi connectivity index (χ1n) is 7.56. The summed E-state index contributed by atoms with van der Waals surface area (Å²) in [4.78, 5) is 22.9. The summed E-state index contributed by atoms with van der Waals surface area (Å²) in [6.45, 7) is 7.60. The summed E-state index contributed by atoms with van der Waals surface area (Å²) in [5.74, 6) is -9.78. The zero-order valence-corrected chi connectivity index (χ0v) is 14.6. The molecule has 0 amide bonds. The van der Waals surface area contributed by atoms with E-state index in [2.05, 4.69) is 0 Å². The molecule has 1 atom stereocenters. The Labute approximate surface area is 143 Å². The molecule has 1 N–H and O–H groups in total. The lowest BCUT2D eigenvalue weighted by Gasteiger charge is -2.26. The van der Waals surface area contributed by atoms with Gasteiger partial charge in [0.1, 0.15) is 5.60 Å². The lowest BCUT2D eigenvalue weighted by molar-refractivity contribution is -0.187. The van der Waals surface area contributed by atoms with Crippen molar-refractivity contribution in [1.82, 2.24) is 0 Å². The van der Waals surface area contributed by atoms with Crippen LogP contribution in [0.4, 0.5) is 13.2 Å². The quantitative estimate of drug-likeness (QED) is 0.777. The molecule has 0 saturated carbocycles. The minimum Gasteiger partial charge on any atom is -0.485 e. The molecule has 140 valence electrons. The van der Waals surface area contributed by atoms with Crippen LogP contribution in [0.2, 0.25) is 0 Å². The molecular weight excluding hydrogens is 341 g/mol. The first-order valence-corrected chi connectivity index (χ1v) is 7.56. The van der Waals surface area contributed by atoms with Crippen LogP contribution in [-0.4, -0.2) is 34.7 Å². The van der Waals surface area contributed by atoms with Gasteiger partial charge < -0.3 is 14.6 Å². The Morgan fingerprint density at radius 2 is 1.72 bits per heavy atom. The van der Waals surface area contributed by atoms with E-state index < -0.39 is 41.3 Å². The molecule has 0 spiro atoms. The molecule has 0 radical (unpaired) electrons. The average Bonchev–Trinajstić information content (AvgIpc) is 2.44. The fourth-order valence-corrected chi connectivity index (χ4v) is 1.97. The van der Waals surface area contributed by atoms with Crippen molar-refractivity contribution in [2.75, 3.05) is 0 Å². The van der Waals surface area contributed by atoms with Gasteiger partial charge in [0, 0.05) is 0 Å². The number of ether oxygens (including phenoxy) is 2. The number of carbonyl (C=O) groups excluding carboxylic acids is 1. The molecule has 1 aromatic carbocycles. The second kappa shape index (κ2) is 7.33. The number of aliphatic carboxylic acids is 1. The molecule has 0 heterocycles. The van der Waals surface area contributed by atoms with Crippen LogP contribution in [0, 0.1) is 11.7 Å². The molecular formula is C17H21F3O5. The molecule has 1 aromatic rings.